The molecular formula is C13H20N2O2S. The number of hydrogen-bond acceptors (Lipinski definition) is 4. The van der Waals surface area contributed by atoms with Crippen LogP contribution in [-0.4, -0.2) is 30.6 Å². The number of thioether (sulfide) groups is 1. The average molecular weight is 268 g/mol. The fourth-order valence-corrected chi connectivity index (χ4v) is 2.25. The van der Waals surface area contributed by atoms with Crippen molar-refractivity contribution in [1.29, 1.82) is 0 Å². The number of anilines is 1. The van der Waals surface area contributed by atoms with Crippen LogP contribution in [0.15, 0.2) is 24.3 Å². The lowest BCUT2D eigenvalue weighted by molar-refractivity contribution is -0.113. The second-order valence-electron chi connectivity index (χ2n) is 4.10. The Balaban J connectivity index is 2.26. The molecule has 1 rings (SSSR count). The third kappa shape index (κ3) is 5.93. The Kier molecular flexibility index (Phi) is 6.60. The molecule has 0 radical (unpaired) electrons. The molecule has 18 heavy (non-hydrogen) atoms. The van der Waals surface area contributed by atoms with Gasteiger partial charge in [0.25, 0.3) is 0 Å². The van der Waals surface area contributed by atoms with E-state index in [9.17, 15) is 4.79 Å². The summed E-state index contributed by atoms with van der Waals surface area (Å²) in [5.74, 6) is 2.15. The van der Waals surface area contributed by atoms with E-state index >= 15 is 0 Å². The van der Waals surface area contributed by atoms with Crippen molar-refractivity contribution in [1.82, 2.24) is 0 Å². The van der Waals surface area contributed by atoms with E-state index in [4.69, 9.17) is 10.5 Å². The Morgan fingerprint density at radius 2 is 2.11 bits per heavy atom. The number of amides is 1. The molecule has 0 spiro atoms. The summed E-state index contributed by atoms with van der Waals surface area (Å²) in [7, 11) is 1.61. The molecule has 0 aromatic heterocycles. The van der Waals surface area contributed by atoms with E-state index in [1.54, 1.807) is 18.9 Å². The predicted molar refractivity (Wildman–Crippen MR) is 77.2 cm³/mol. The Morgan fingerprint density at radius 3 is 2.67 bits per heavy atom. The molecule has 0 bridgehead atoms. The van der Waals surface area contributed by atoms with Crippen LogP contribution in [0.1, 0.15) is 13.3 Å². The molecule has 1 aromatic carbocycles. The number of ether oxygens (including phenoxy) is 1. The van der Waals surface area contributed by atoms with Crippen molar-refractivity contribution in [3.63, 3.8) is 0 Å². The molecule has 0 aliphatic heterocycles. The standard InChI is InChI=1S/C13H20N2O2S/c1-10(14)7-8-18-9-13(16)15-11-3-5-12(17-2)6-4-11/h3-6,10H,7-9,14H2,1-2H3,(H,15,16). The molecule has 0 saturated carbocycles. The van der Waals surface area contributed by atoms with Crippen molar-refractivity contribution in [3.05, 3.63) is 24.3 Å². The van der Waals surface area contributed by atoms with Crippen LogP contribution in [0.4, 0.5) is 5.69 Å². The summed E-state index contributed by atoms with van der Waals surface area (Å²) in [5, 5.41) is 2.83. The molecule has 1 amide bonds. The molecule has 0 saturated heterocycles. The third-order valence-electron chi connectivity index (χ3n) is 2.32. The molecule has 5 heteroatoms. The van der Waals surface area contributed by atoms with E-state index in [2.05, 4.69) is 5.32 Å². The molecule has 0 heterocycles. The minimum absolute atomic E-state index is 0.00911. The maximum atomic E-state index is 11.6. The maximum absolute atomic E-state index is 11.6. The Morgan fingerprint density at radius 1 is 1.44 bits per heavy atom. The number of rotatable bonds is 7. The van der Waals surface area contributed by atoms with Crippen LogP contribution in [0, 0.1) is 0 Å². The highest BCUT2D eigenvalue weighted by molar-refractivity contribution is 7.99. The number of benzene rings is 1. The van der Waals surface area contributed by atoms with Crippen molar-refractivity contribution in [2.24, 2.45) is 5.73 Å². The Hall–Kier alpha value is -1.20. The minimum atomic E-state index is 0.00911. The van der Waals surface area contributed by atoms with Gasteiger partial charge in [0, 0.05) is 11.7 Å². The largest absolute Gasteiger partial charge is 0.497 e. The van der Waals surface area contributed by atoms with Crippen LogP contribution in [0.2, 0.25) is 0 Å². The van der Waals surface area contributed by atoms with Crippen LogP contribution in [-0.2, 0) is 4.79 Å². The lowest BCUT2D eigenvalue weighted by Gasteiger charge is -2.07. The third-order valence-corrected chi connectivity index (χ3v) is 3.32. The second kappa shape index (κ2) is 8.00. The van der Waals surface area contributed by atoms with Gasteiger partial charge in [0.05, 0.1) is 12.9 Å². The van der Waals surface area contributed by atoms with Gasteiger partial charge in [-0.25, -0.2) is 0 Å². The lowest BCUT2D eigenvalue weighted by Crippen LogP contribution is -2.17. The first-order valence-electron chi connectivity index (χ1n) is 5.89. The summed E-state index contributed by atoms with van der Waals surface area (Å²) in [6.07, 6.45) is 0.931. The maximum Gasteiger partial charge on any atom is 0.234 e. The number of methoxy groups -OCH3 is 1. The molecule has 3 N–H and O–H groups in total. The normalized spacial score (nSPS) is 11.9. The van der Waals surface area contributed by atoms with E-state index in [1.165, 1.54) is 0 Å². The van der Waals surface area contributed by atoms with Crippen LogP contribution in [0.25, 0.3) is 0 Å². The smallest absolute Gasteiger partial charge is 0.234 e. The number of hydrogen-bond donors (Lipinski definition) is 2. The van der Waals surface area contributed by atoms with Gasteiger partial charge in [-0.05, 0) is 43.4 Å². The van der Waals surface area contributed by atoms with Crippen molar-refractivity contribution >= 4 is 23.4 Å². The van der Waals surface area contributed by atoms with Gasteiger partial charge in [0.2, 0.25) is 5.91 Å². The first kappa shape index (κ1) is 14.9. The van der Waals surface area contributed by atoms with Gasteiger partial charge in [-0.3, -0.25) is 4.79 Å². The fraction of sp³-hybridized carbons (Fsp3) is 0.462. The van der Waals surface area contributed by atoms with Crippen LogP contribution in [0.5, 0.6) is 5.75 Å². The number of carbonyl (C=O) groups excluding carboxylic acids is 1. The molecule has 1 unspecified atom stereocenters. The van der Waals surface area contributed by atoms with Crippen LogP contribution in [0.3, 0.4) is 0 Å². The van der Waals surface area contributed by atoms with Gasteiger partial charge in [-0.15, -0.1) is 0 Å². The highest BCUT2D eigenvalue weighted by Crippen LogP contribution is 2.15. The van der Waals surface area contributed by atoms with E-state index in [-0.39, 0.29) is 11.9 Å². The Bertz CT molecular complexity index is 366. The monoisotopic (exact) mass is 268 g/mol. The van der Waals surface area contributed by atoms with Gasteiger partial charge in [-0.1, -0.05) is 0 Å². The SMILES string of the molecule is COc1ccc(NC(=O)CSCCC(C)N)cc1. The topological polar surface area (TPSA) is 64.3 Å². The number of nitrogens with one attached hydrogen (secondary N) is 1. The molecule has 0 aliphatic rings. The molecule has 1 aromatic rings. The zero-order chi connectivity index (χ0) is 13.4. The first-order chi connectivity index (χ1) is 8.61. The lowest BCUT2D eigenvalue weighted by atomic mass is 10.3. The zero-order valence-electron chi connectivity index (χ0n) is 10.8. The second-order valence-corrected chi connectivity index (χ2v) is 5.20. The van der Waals surface area contributed by atoms with Crippen molar-refractivity contribution in [2.75, 3.05) is 23.9 Å². The summed E-state index contributed by atoms with van der Waals surface area (Å²) < 4.78 is 5.05. The van der Waals surface area contributed by atoms with Gasteiger partial charge in [0.15, 0.2) is 0 Å². The van der Waals surface area contributed by atoms with Crippen LogP contribution >= 0.6 is 11.8 Å². The number of carbonyl (C=O) groups is 1. The minimum Gasteiger partial charge on any atom is -0.497 e. The summed E-state index contributed by atoms with van der Waals surface area (Å²) >= 11 is 1.60. The first-order valence-corrected chi connectivity index (χ1v) is 7.04. The zero-order valence-corrected chi connectivity index (χ0v) is 11.6. The molecule has 0 aliphatic carbocycles. The van der Waals surface area contributed by atoms with Gasteiger partial charge >= 0.3 is 0 Å². The summed E-state index contributed by atoms with van der Waals surface area (Å²) in [6.45, 7) is 1.97. The van der Waals surface area contributed by atoms with Crippen LogP contribution < -0.4 is 15.8 Å². The summed E-state index contributed by atoms with van der Waals surface area (Å²) in [5.41, 5.74) is 6.42. The van der Waals surface area contributed by atoms with Crippen molar-refractivity contribution < 1.29 is 9.53 Å². The molecule has 0 fully saturated rings. The summed E-state index contributed by atoms with van der Waals surface area (Å²) in [4.78, 5) is 11.6. The van der Waals surface area contributed by atoms with E-state index < -0.39 is 0 Å². The molecule has 100 valence electrons. The van der Waals surface area contributed by atoms with Gasteiger partial charge in [-0.2, -0.15) is 11.8 Å². The quantitative estimate of drug-likeness (QED) is 0.743. The van der Waals surface area contributed by atoms with E-state index in [1.807, 2.05) is 31.2 Å². The van der Waals surface area contributed by atoms with Crippen molar-refractivity contribution in [3.8, 4) is 5.75 Å². The highest BCUT2D eigenvalue weighted by Gasteiger charge is 2.03. The average Bonchev–Trinajstić information content (AvgIpc) is 2.35. The molecular weight excluding hydrogens is 248 g/mol. The Labute approximate surface area is 112 Å². The van der Waals surface area contributed by atoms with E-state index in [0.29, 0.717) is 5.75 Å². The van der Waals surface area contributed by atoms with Gasteiger partial charge < -0.3 is 15.8 Å². The highest BCUT2D eigenvalue weighted by atomic mass is 32.2. The molecule has 1 atom stereocenters. The van der Waals surface area contributed by atoms with Crippen molar-refractivity contribution in [2.45, 2.75) is 19.4 Å². The fourth-order valence-electron chi connectivity index (χ4n) is 1.31. The number of nitrogens with two attached hydrogens (primary N) is 1. The summed E-state index contributed by atoms with van der Waals surface area (Å²) in [6, 6.07) is 7.48. The predicted octanol–water partition coefficient (Wildman–Crippen LogP) is 2.10. The van der Waals surface area contributed by atoms with Gasteiger partial charge in [0.1, 0.15) is 5.75 Å². The molecule has 4 nitrogen and oxygen atoms in total. The van der Waals surface area contributed by atoms with E-state index in [0.717, 1.165) is 23.6 Å².